The number of aliphatic hydroxyl groups excluding tert-OH is 3. The molecular weight excluding hydrogens is 1400 g/mol. The minimum Gasteiger partial charge on any atom is -0.493 e. The molecule has 3 aromatic heterocycles. The number of benzene rings is 6. The van der Waals surface area contributed by atoms with Crippen molar-refractivity contribution < 1.29 is 71.1 Å². The van der Waals surface area contributed by atoms with Crippen molar-refractivity contribution in [2.24, 2.45) is 0 Å². The zero-order chi connectivity index (χ0) is 75.1. The monoisotopic (exact) mass is 1490 g/mol. The lowest BCUT2D eigenvalue weighted by atomic mass is 9.92. The molecule has 6 aromatic carbocycles. The van der Waals surface area contributed by atoms with Gasteiger partial charge in [-0.2, -0.15) is 0 Å². The summed E-state index contributed by atoms with van der Waals surface area (Å²) in [5, 5.41) is 51.8. The molecule has 7 heterocycles. The van der Waals surface area contributed by atoms with Crippen molar-refractivity contribution in [1.29, 1.82) is 0 Å². The van der Waals surface area contributed by atoms with Crippen LogP contribution >= 0.6 is 0 Å². The molecule has 570 valence electrons. The van der Waals surface area contributed by atoms with Gasteiger partial charge in [0.15, 0.2) is 50.3 Å². The normalized spacial score (nSPS) is 18.3. The predicted molar refractivity (Wildman–Crippen MR) is 410 cm³/mol. The average molecular weight is 1500 g/mol. The molecule has 0 saturated carbocycles. The van der Waals surface area contributed by atoms with E-state index in [-0.39, 0.29) is 42.8 Å². The van der Waals surface area contributed by atoms with Crippen molar-refractivity contribution >= 4 is 27.3 Å². The van der Waals surface area contributed by atoms with Crippen LogP contribution in [0.3, 0.4) is 0 Å². The smallest absolute Gasteiger partial charge is 0.175 e. The second-order valence-corrected chi connectivity index (χ2v) is 29.2. The number of nitrogens with one attached hydrogen (secondary N) is 6. The van der Waals surface area contributed by atoms with E-state index in [9.17, 15) is 23.7 Å². The van der Waals surface area contributed by atoms with Gasteiger partial charge in [0.25, 0.3) is 0 Å². The van der Waals surface area contributed by atoms with Crippen LogP contribution in [-0.4, -0.2) is 211 Å². The maximum atomic E-state index is 12.6. The van der Waals surface area contributed by atoms with Gasteiger partial charge in [-0.05, 0) is 138 Å². The highest BCUT2D eigenvalue weighted by molar-refractivity contribution is 7.90. The van der Waals surface area contributed by atoms with E-state index >= 15 is 0 Å². The molecule has 0 amide bonds. The van der Waals surface area contributed by atoms with Crippen LogP contribution in [0.15, 0.2) is 144 Å². The fraction of sp³-hybridized carbons (Fsp3) is 0.400. The van der Waals surface area contributed by atoms with Crippen LogP contribution < -0.4 is 65.1 Å². The van der Waals surface area contributed by atoms with Crippen LogP contribution in [0.4, 0.5) is 17.5 Å². The first-order chi connectivity index (χ1) is 52.5. The zero-order valence-corrected chi connectivity index (χ0v) is 62.3. The predicted octanol–water partition coefficient (Wildman–Crippen LogP) is 9.38. The van der Waals surface area contributed by atoms with E-state index in [0.29, 0.717) is 205 Å². The lowest BCUT2D eigenvalue weighted by Gasteiger charge is -2.33. The maximum absolute atomic E-state index is 12.6. The van der Waals surface area contributed by atoms with Gasteiger partial charge in [0.1, 0.15) is 86.0 Å². The third-order valence-electron chi connectivity index (χ3n) is 19.0. The van der Waals surface area contributed by atoms with E-state index in [0.717, 1.165) is 29.5 Å². The van der Waals surface area contributed by atoms with Gasteiger partial charge in [0, 0.05) is 128 Å². The summed E-state index contributed by atoms with van der Waals surface area (Å²) in [7, 11) is 5.07. The van der Waals surface area contributed by atoms with Crippen molar-refractivity contribution in [2.45, 2.75) is 92.1 Å². The van der Waals surface area contributed by atoms with E-state index in [4.69, 9.17) is 77.3 Å². The van der Waals surface area contributed by atoms with E-state index in [1.165, 1.54) is 6.26 Å². The Morgan fingerprint density at radius 2 is 0.907 bits per heavy atom. The highest BCUT2D eigenvalue weighted by atomic mass is 32.2. The number of methoxy groups -OCH3 is 2. The van der Waals surface area contributed by atoms with Crippen LogP contribution in [0, 0.1) is 0 Å². The molecule has 7 unspecified atom stereocenters. The van der Waals surface area contributed by atoms with E-state index < -0.39 is 40.4 Å². The molecule has 3 saturated heterocycles. The Morgan fingerprint density at radius 3 is 1.40 bits per heavy atom. The Kier molecular flexibility index (Phi) is 25.4. The lowest BCUT2D eigenvalue weighted by Crippen LogP contribution is -2.31. The number of aliphatic hydroxyl groups is 3. The number of ether oxygens (including phenoxy) is 10. The number of aromatic nitrogens is 6. The minimum atomic E-state index is -3.47. The van der Waals surface area contributed by atoms with Crippen molar-refractivity contribution in [2.75, 3.05) is 137 Å². The average Bonchev–Trinajstić information content (AvgIpc) is 0.778. The molecule has 27 nitrogen and oxygen atoms in total. The highest BCUT2D eigenvalue weighted by Gasteiger charge is 2.33. The molecule has 3 fully saturated rings. The molecular formula is C80H94N12O15S. The molecule has 4 aliphatic heterocycles. The van der Waals surface area contributed by atoms with E-state index in [1.807, 2.05) is 109 Å². The summed E-state index contributed by atoms with van der Waals surface area (Å²) in [4.78, 5) is 31.3. The summed E-state index contributed by atoms with van der Waals surface area (Å²) >= 11 is 0. The Bertz CT molecular complexity index is 4660. The molecule has 0 aliphatic carbocycles. The highest BCUT2D eigenvalue weighted by Crippen LogP contribution is 2.47. The number of hydrogen-bond acceptors (Lipinski definition) is 27. The van der Waals surface area contributed by atoms with Gasteiger partial charge in [0.2, 0.25) is 0 Å². The summed E-state index contributed by atoms with van der Waals surface area (Å²) in [5.41, 5.74) is 7.54. The van der Waals surface area contributed by atoms with Gasteiger partial charge in [0.05, 0.1) is 48.4 Å². The summed E-state index contributed by atoms with van der Waals surface area (Å²) in [6.45, 7) is 3.99. The third kappa shape index (κ3) is 19.5. The number of likely N-dealkylation sites (N-methyl/N-ethyl adjacent to an activating group) is 3. The largest absolute Gasteiger partial charge is 0.493 e. The Labute approximate surface area is 628 Å². The molecule has 0 radical (unpaired) electrons. The molecule has 9 aromatic rings. The topological polar surface area (TPSA) is 337 Å². The van der Waals surface area contributed by atoms with Crippen molar-refractivity contribution in [3.8, 4) is 108 Å². The maximum Gasteiger partial charge on any atom is 0.175 e. The first-order valence-corrected chi connectivity index (χ1v) is 38.4. The van der Waals surface area contributed by atoms with Gasteiger partial charge in [-0.1, -0.05) is 48.5 Å². The van der Waals surface area contributed by atoms with Crippen LogP contribution in [0.25, 0.3) is 67.9 Å². The quantitative estimate of drug-likeness (QED) is 0.0189. The number of anilines is 3. The van der Waals surface area contributed by atoms with Crippen LogP contribution in [0.1, 0.15) is 61.9 Å². The number of sulfone groups is 1. The third-order valence-corrected chi connectivity index (χ3v) is 20.1. The first kappa shape index (κ1) is 76.3. The number of rotatable bonds is 32. The fourth-order valence-corrected chi connectivity index (χ4v) is 14.2. The molecule has 28 heteroatoms. The standard InChI is InChI=1S/C80H94N12O15S/c1-81-42-56(93)45-105-59-13-7-10-49(30-59)78-87-66(48-16-18-62(19-17-48)108(6,96)97)39-74(90-78)86-55-23-27-102-70(36-55)65-33-52(34-73-77(65)104-29-28-103-73)67-40-75(91-79(88-67)50-11-8-14-60(31-50)106-46-57(94)43-82-2)85-54-22-26-101-69(35-54)64-38-72(99-5)71(98-4)37-63(64)68-41-76(84-53-20-24-100-25-21-53)92-80(89-68)51-12-9-15-61(32-51)107-47-58(95)44-83-3/h7-19,30-34,37-41,53-58,69-70,81-83,93-95H,20-29,35-36,42-47H2,1-6H3,(H,84,89,92)(H,85,88,91)(H,86,87,90). The van der Waals surface area contributed by atoms with Crippen LogP contribution in [0.5, 0.6) is 40.2 Å². The molecule has 0 bridgehead atoms. The van der Waals surface area contributed by atoms with Gasteiger partial charge < -0.3 is 94.6 Å². The van der Waals surface area contributed by atoms with Crippen molar-refractivity contribution in [3.05, 3.63) is 151 Å². The first-order valence-electron chi connectivity index (χ1n) is 36.5. The summed E-state index contributed by atoms with van der Waals surface area (Å²) in [6.07, 6.45) is 1.83. The molecule has 13 rings (SSSR count). The number of nitrogens with zero attached hydrogens (tertiary/aromatic N) is 6. The van der Waals surface area contributed by atoms with E-state index in [2.05, 4.69) is 38.0 Å². The fourth-order valence-electron chi connectivity index (χ4n) is 13.6. The molecule has 4 aliphatic rings. The van der Waals surface area contributed by atoms with Crippen LogP contribution in [-0.2, 0) is 24.0 Å². The Hall–Kier alpha value is -9.85. The van der Waals surface area contributed by atoms with Gasteiger partial charge in [-0.25, -0.2) is 38.3 Å². The van der Waals surface area contributed by atoms with Gasteiger partial charge in [-0.3, -0.25) is 0 Å². The number of fused-ring (bicyclic) bond motifs is 1. The number of hydrogen-bond donors (Lipinski definition) is 9. The zero-order valence-electron chi connectivity index (χ0n) is 61.5. The molecule has 108 heavy (non-hydrogen) atoms. The molecule has 0 spiro atoms. The summed E-state index contributed by atoms with van der Waals surface area (Å²) < 4.78 is 87.6. The van der Waals surface area contributed by atoms with Gasteiger partial charge in [-0.15, -0.1) is 0 Å². The Balaban J connectivity index is 0.830. The minimum absolute atomic E-state index is 0.0596. The molecule has 9 N–H and O–H groups in total. The second kappa shape index (κ2) is 35.9. The van der Waals surface area contributed by atoms with Crippen molar-refractivity contribution in [1.82, 2.24) is 45.9 Å². The van der Waals surface area contributed by atoms with Crippen molar-refractivity contribution in [3.63, 3.8) is 0 Å². The molecule has 7 atom stereocenters. The van der Waals surface area contributed by atoms with Gasteiger partial charge >= 0.3 is 0 Å². The van der Waals surface area contributed by atoms with Crippen LogP contribution in [0.2, 0.25) is 0 Å². The summed E-state index contributed by atoms with van der Waals surface area (Å²) in [5.74, 6) is 6.71. The Morgan fingerprint density at radius 1 is 0.463 bits per heavy atom. The summed E-state index contributed by atoms with van der Waals surface area (Å²) in [6, 6.07) is 42.4. The van der Waals surface area contributed by atoms with E-state index in [1.54, 1.807) is 59.6 Å². The second-order valence-electron chi connectivity index (χ2n) is 27.2. The SMILES string of the molecule is CNCC(O)COc1cccc(-c2nc(NC3CCOC(c4cc(OC)c(OC)cc4-c4cc(NC5CCOCC5)nc(-c5cccc(OCC(O)CNC)c5)n4)C3)cc(-c3cc4c(c(C5CC(Nc6cc(-c7ccc(S(C)(=O)=O)cc7)nc(-c7cccc(OCC(O)CNC)c7)n6)CCO5)c3)OCCO4)n2)c1. The lowest BCUT2D eigenvalue weighted by molar-refractivity contribution is 0.00699.